The van der Waals surface area contributed by atoms with Crippen molar-refractivity contribution in [2.75, 3.05) is 11.9 Å². The molecule has 0 aromatic heterocycles. The first-order valence-corrected chi connectivity index (χ1v) is 6.94. The van der Waals surface area contributed by atoms with Crippen LogP contribution in [0.15, 0.2) is 30.3 Å². The van der Waals surface area contributed by atoms with Crippen molar-refractivity contribution in [1.29, 1.82) is 0 Å². The van der Waals surface area contributed by atoms with Gasteiger partial charge in [-0.15, -0.1) is 0 Å². The Hall–Kier alpha value is -1.31. The van der Waals surface area contributed by atoms with E-state index in [2.05, 4.69) is 13.8 Å². The van der Waals surface area contributed by atoms with Gasteiger partial charge in [-0.1, -0.05) is 38.5 Å². The number of carbonyl (C=O) groups is 1. The van der Waals surface area contributed by atoms with E-state index in [0.717, 1.165) is 12.1 Å². The summed E-state index contributed by atoms with van der Waals surface area (Å²) < 4.78 is 0. The van der Waals surface area contributed by atoms with Crippen molar-refractivity contribution in [2.45, 2.75) is 33.1 Å². The Morgan fingerprint density at radius 2 is 1.89 bits per heavy atom. The molecule has 2 heteroatoms. The van der Waals surface area contributed by atoms with Crippen molar-refractivity contribution in [1.82, 2.24) is 0 Å². The number of nitrogens with zero attached hydrogens (tertiary/aromatic N) is 1. The van der Waals surface area contributed by atoms with Crippen LogP contribution in [-0.4, -0.2) is 13.0 Å². The molecular weight excluding hydrogens is 222 g/mol. The maximum atomic E-state index is 12.6. The van der Waals surface area contributed by atoms with Crippen LogP contribution < -0.4 is 4.90 Å². The maximum Gasteiger partial charge on any atom is 0.230 e. The highest BCUT2D eigenvalue weighted by Gasteiger charge is 2.36. The van der Waals surface area contributed by atoms with Gasteiger partial charge in [0.15, 0.2) is 0 Å². The normalized spacial score (nSPS) is 23.3. The second-order valence-electron chi connectivity index (χ2n) is 5.68. The molecule has 1 aliphatic rings. The Morgan fingerprint density at radius 3 is 2.50 bits per heavy atom. The van der Waals surface area contributed by atoms with Crippen molar-refractivity contribution in [3.05, 3.63) is 30.3 Å². The summed E-state index contributed by atoms with van der Waals surface area (Å²) in [6.45, 7) is 4.47. The van der Waals surface area contributed by atoms with Gasteiger partial charge in [-0.3, -0.25) is 4.79 Å². The minimum Gasteiger partial charge on any atom is -0.315 e. The van der Waals surface area contributed by atoms with Crippen LogP contribution in [0.5, 0.6) is 0 Å². The molecule has 0 heterocycles. The molecule has 0 spiro atoms. The average molecular weight is 245 g/mol. The van der Waals surface area contributed by atoms with Gasteiger partial charge < -0.3 is 4.90 Å². The standard InChI is InChI=1S/C16H23NO/c1-12(2)14-10-7-11-15(14)16(18)17(3)13-8-5-4-6-9-13/h4-6,8-9,12,14-15H,7,10-11H2,1-3H3/t14-,15+/m0/s1. The Morgan fingerprint density at radius 1 is 1.22 bits per heavy atom. The SMILES string of the molecule is CC(C)[C@@H]1CCC[C@H]1C(=O)N(C)c1ccccc1. The van der Waals surface area contributed by atoms with E-state index in [0.29, 0.717) is 11.8 Å². The molecule has 0 unspecified atom stereocenters. The second-order valence-corrected chi connectivity index (χ2v) is 5.68. The van der Waals surface area contributed by atoms with Gasteiger partial charge in [-0.25, -0.2) is 0 Å². The quantitative estimate of drug-likeness (QED) is 0.794. The lowest BCUT2D eigenvalue weighted by Crippen LogP contribution is -2.35. The molecule has 0 N–H and O–H groups in total. The number of hydrogen-bond acceptors (Lipinski definition) is 1. The fourth-order valence-corrected chi connectivity index (χ4v) is 3.12. The van der Waals surface area contributed by atoms with E-state index < -0.39 is 0 Å². The van der Waals surface area contributed by atoms with E-state index >= 15 is 0 Å². The van der Waals surface area contributed by atoms with E-state index in [1.807, 2.05) is 42.3 Å². The highest BCUT2D eigenvalue weighted by Crippen LogP contribution is 2.38. The van der Waals surface area contributed by atoms with Crippen molar-refractivity contribution < 1.29 is 4.79 Å². The molecule has 1 aromatic rings. The summed E-state index contributed by atoms with van der Waals surface area (Å²) >= 11 is 0. The molecule has 1 saturated carbocycles. The van der Waals surface area contributed by atoms with Gasteiger partial charge in [0.2, 0.25) is 5.91 Å². The molecule has 1 aromatic carbocycles. The molecule has 1 fully saturated rings. The van der Waals surface area contributed by atoms with Crippen LogP contribution in [0.1, 0.15) is 33.1 Å². The number of amides is 1. The van der Waals surface area contributed by atoms with Crippen molar-refractivity contribution in [3.8, 4) is 0 Å². The summed E-state index contributed by atoms with van der Waals surface area (Å²) in [5, 5.41) is 0. The van der Waals surface area contributed by atoms with Crippen molar-refractivity contribution in [2.24, 2.45) is 17.8 Å². The number of carbonyl (C=O) groups excluding carboxylic acids is 1. The number of benzene rings is 1. The second kappa shape index (κ2) is 5.55. The molecule has 0 aliphatic heterocycles. The highest BCUT2D eigenvalue weighted by atomic mass is 16.2. The topological polar surface area (TPSA) is 20.3 Å². The Bertz CT molecular complexity index is 399. The summed E-state index contributed by atoms with van der Waals surface area (Å²) in [5.74, 6) is 1.67. The lowest BCUT2D eigenvalue weighted by atomic mass is 9.85. The molecule has 1 amide bonds. The van der Waals surface area contributed by atoms with Crippen LogP contribution in [0.3, 0.4) is 0 Å². The minimum atomic E-state index is 0.218. The van der Waals surface area contributed by atoms with Crippen molar-refractivity contribution >= 4 is 11.6 Å². The van der Waals surface area contributed by atoms with Gasteiger partial charge >= 0.3 is 0 Å². The highest BCUT2D eigenvalue weighted by molar-refractivity contribution is 5.94. The van der Waals surface area contributed by atoms with E-state index in [-0.39, 0.29) is 11.8 Å². The van der Waals surface area contributed by atoms with Crippen LogP contribution in [0.2, 0.25) is 0 Å². The number of hydrogen-bond donors (Lipinski definition) is 0. The third kappa shape index (κ3) is 2.58. The van der Waals surface area contributed by atoms with Gasteiger partial charge in [-0.2, -0.15) is 0 Å². The Kier molecular flexibility index (Phi) is 4.05. The lowest BCUT2D eigenvalue weighted by Gasteiger charge is -2.27. The van der Waals surface area contributed by atoms with Gasteiger partial charge in [0.25, 0.3) is 0 Å². The van der Waals surface area contributed by atoms with Crippen LogP contribution in [0, 0.1) is 17.8 Å². The maximum absolute atomic E-state index is 12.6. The summed E-state index contributed by atoms with van der Waals surface area (Å²) in [6, 6.07) is 9.93. The van der Waals surface area contributed by atoms with Gasteiger partial charge in [0, 0.05) is 18.7 Å². The zero-order chi connectivity index (χ0) is 13.1. The predicted octanol–water partition coefficient (Wildman–Crippen LogP) is 3.72. The largest absolute Gasteiger partial charge is 0.315 e. The monoisotopic (exact) mass is 245 g/mol. The van der Waals surface area contributed by atoms with Crippen LogP contribution >= 0.6 is 0 Å². The van der Waals surface area contributed by atoms with Crippen LogP contribution in [-0.2, 0) is 4.79 Å². The van der Waals surface area contributed by atoms with Gasteiger partial charge in [0.1, 0.15) is 0 Å². The lowest BCUT2D eigenvalue weighted by molar-refractivity contribution is -0.123. The van der Waals surface area contributed by atoms with E-state index in [4.69, 9.17) is 0 Å². The predicted molar refractivity (Wildman–Crippen MR) is 75.5 cm³/mol. The molecule has 0 radical (unpaired) electrons. The first-order valence-electron chi connectivity index (χ1n) is 6.94. The fourth-order valence-electron chi connectivity index (χ4n) is 3.12. The molecule has 1 aliphatic carbocycles. The number of rotatable bonds is 3. The first-order chi connectivity index (χ1) is 8.61. The average Bonchev–Trinajstić information content (AvgIpc) is 2.87. The van der Waals surface area contributed by atoms with Crippen LogP contribution in [0.4, 0.5) is 5.69 Å². The summed E-state index contributed by atoms with van der Waals surface area (Å²) in [5.41, 5.74) is 0.997. The van der Waals surface area contributed by atoms with Gasteiger partial charge in [-0.05, 0) is 36.8 Å². The van der Waals surface area contributed by atoms with Crippen LogP contribution in [0.25, 0.3) is 0 Å². The van der Waals surface area contributed by atoms with E-state index in [1.165, 1.54) is 12.8 Å². The molecule has 0 saturated heterocycles. The number of anilines is 1. The van der Waals surface area contributed by atoms with Crippen molar-refractivity contribution in [3.63, 3.8) is 0 Å². The fraction of sp³-hybridized carbons (Fsp3) is 0.562. The molecule has 98 valence electrons. The smallest absolute Gasteiger partial charge is 0.230 e. The molecule has 2 rings (SSSR count). The third-order valence-electron chi connectivity index (χ3n) is 4.22. The number of para-hydroxylation sites is 1. The summed E-state index contributed by atoms with van der Waals surface area (Å²) in [7, 11) is 1.90. The molecule has 18 heavy (non-hydrogen) atoms. The van der Waals surface area contributed by atoms with E-state index in [1.54, 1.807) is 0 Å². The molecule has 2 atom stereocenters. The molecular formula is C16H23NO. The Labute approximate surface area is 110 Å². The zero-order valence-corrected chi connectivity index (χ0v) is 11.6. The molecule has 0 bridgehead atoms. The van der Waals surface area contributed by atoms with E-state index in [9.17, 15) is 4.79 Å². The Balaban J connectivity index is 2.11. The van der Waals surface area contributed by atoms with Gasteiger partial charge in [0.05, 0.1) is 0 Å². The third-order valence-corrected chi connectivity index (χ3v) is 4.22. The first kappa shape index (κ1) is 13.1. The minimum absolute atomic E-state index is 0.218. The molecule has 2 nitrogen and oxygen atoms in total. The summed E-state index contributed by atoms with van der Waals surface area (Å²) in [6.07, 6.45) is 3.46. The summed E-state index contributed by atoms with van der Waals surface area (Å²) in [4.78, 5) is 14.4. The zero-order valence-electron chi connectivity index (χ0n) is 11.6.